The van der Waals surface area contributed by atoms with Crippen molar-refractivity contribution in [1.29, 1.82) is 0 Å². The number of rotatable bonds is 4. The highest BCUT2D eigenvalue weighted by Gasteiger charge is 2.09. The average Bonchev–Trinajstić information content (AvgIpc) is 2.81. The molecule has 0 atom stereocenters. The first-order valence-electron chi connectivity index (χ1n) is 10.1. The fourth-order valence-corrected chi connectivity index (χ4v) is 3.94. The molecule has 4 nitrogen and oxygen atoms in total. The van der Waals surface area contributed by atoms with E-state index in [4.69, 9.17) is 28.8 Å². The number of fused-ring (bicyclic) bond motifs is 2. The highest BCUT2D eigenvalue weighted by molar-refractivity contribution is 7.80. The molecule has 0 aliphatic rings. The van der Waals surface area contributed by atoms with E-state index in [0.29, 0.717) is 10.1 Å². The second kappa shape index (κ2) is 8.83. The topological polar surface area (TPSA) is 49.0 Å². The molecular formula is C26H19ClN4S. The Kier molecular flexibility index (Phi) is 5.58. The number of thiocarbonyl (C=S) groups is 1. The van der Waals surface area contributed by atoms with Crippen LogP contribution in [0.5, 0.6) is 0 Å². The Labute approximate surface area is 196 Å². The van der Waals surface area contributed by atoms with E-state index in [1.165, 1.54) is 0 Å². The second-order valence-corrected chi connectivity index (χ2v) is 8.15. The number of halogens is 1. The van der Waals surface area contributed by atoms with E-state index in [-0.39, 0.29) is 0 Å². The molecule has 5 aromatic rings. The van der Waals surface area contributed by atoms with Crippen molar-refractivity contribution in [3.8, 4) is 0 Å². The zero-order valence-electron chi connectivity index (χ0n) is 17.0. The highest BCUT2D eigenvalue weighted by Crippen LogP contribution is 2.33. The van der Waals surface area contributed by atoms with Crippen LogP contribution in [0.1, 0.15) is 0 Å². The van der Waals surface area contributed by atoms with Crippen molar-refractivity contribution < 1.29 is 0 Å². The number of pyridine rings is 1. The lowest BCUT2D eigenvalue weighted by atomic mass is 10.1. The Hall–Kier alpha value is -3.67. The van der Waals surface area contributed by atoms with Gasteiger partial charge in [-0.2, -0.15) is 0 Å². The van der Waals surface area contributed by atoms with E-state index in [9.17, 15) is 0 Å². The van der Waals surface area contributed by atoms with E-state index in [0.717, 1.165) is 44.6 Å². The maximum Gasteiger partial charge on any atom is 0.175 e. The molecule has 0 fully saturated rings. The van der Waals surface area contributed by atoms with Crippen molar-refractivity contribution in [3.05, 3.63) is 102 Å². The van der Waals surface area contributed by atoms with Crippen LogP contribution in [0.25, 0.3) is 21.8 Å². The van der Waals surface area contributed by atoms with Crippen LogP contribution in [0, 0.1) is 0 Å². The first-order chi connectivity index (χ1) is 15.7. The van der Waals surface area contributed by atoms with Crippen LogP contribution in [-0.2, 0) is 0 Å². The monoisotopic (exact) mass is 454 g/mol. The summed E-state index contributed by atoms with van der Waals surface area (Å²) in [6.07, 6.45) is 0. The number of anilines is 4. The Balaban J connectivity index is 1.36. The Morgan fingerprint density at radius 3 is 1.66 bits per heavy atom. The SMILES string of the molecule is S=C(Nc1ccc(Cl)cc1)Nc1ccc(Nc2c3ccccc3nc3ccccc23)cc1. The number of nitrogens with zero attached hydrogens (tertiary/aromatic N) is 1. The smallest absolute Gasteiger partial charge is 0.175 e. The maximum atomic E-state index is 5.93. The number of aromatic nitrogens is 1. The molecule has 1 aromatic heterocycles. The summed E-state index contributed by atoms with van der Waals surface area (Å²) in [6.45, 7) is 0. The largest absolute Gasteiger partial charge is 0.354 e. The summed E-state index contributed by atoms with van der Waals surface area (Å²) in [7, 11) is 0. The third-order valence-corrected chi connectivity index (χ3v) is 5.56. The lowest BCUT2D eigenvalue weighted by molar-refractivity contribution is 1.48. The van der Waals surface area contributed by atoms with Gasteiger partial charge < -0.3 is 16.0 Å². The van der Waals surface area contributed by atoms with Crippen molar-refractivity contribution in [2.75, 3.05) is 16.0 Å². The van der Waals surface area contributed by atoms with Gasteiger partial charge in [-0.3, -0.25) is 0 Å². The molecule has 0 aliphatic carbocycles. The summed E-state index contributed by atoms with van der Waals surface area (Å²) >= 11 is 11.3. The number of hydrogen-bond acceptors (Lipinski definition) is 3. The summed E-state index contributed by atoms with van der Waals surface area (Å²) in [5.41, 5.74) is 5.73. The van der Waals surface area contributed by atoms with Gasteiger partial charge in [0.25, 0.3) is 0 Å². The molecule has 156 valence electrons. The molecule has 5 rings (SSSR count). The van der Waals surface area contributed by atoms with Gasteiger partial charge in [-0.1, -0.05) is 48.0 Å². The molecule has 0 spiro atoms. The minimum Gasteiger partial charge on any atom is -0.354 e. The average molecular weight is 455 g/mol. The Bertz CT molecular complexity index is 1360. The summed E-state index contributed by atoms with van der Waals surface area (Å²) in [6, 6.07) is 31.8. The number of para-hydroxylation sites is 2. The van der Waals surface area contributed by atoms with Crippen molar-refractivity contribution in [1.82, 2.24) is 4.98 Å². The third kappa shape index (κ3) is 4.35. The van der Waals surface area contributed by atoms with Crippen LogP contribution < -0.4 is 16.0 Å². The standard InChI is InChI=1S/C26H19ClN4S/c27-17-9-11-19(12-10-17)29-26(32)30-20-15-13-18(14-16-20)28-25-21-5-1-3-7-23(21)31-24-8-4-2-6-22(24)25/h1-16H,(H,28,31)(H2,29,30,32). The minimum atomic E-state index is 0.513. The predicted octanol–water partition coefficient (Wildman–Crippen LogP) is 7.59. The van der Waals surface area contributed by atoms with Gasteiger partial charge in [0.05, 0.1) is 16.7 Å². The van der Waals surface area contributed by atoms with Gasteiger partial charge in [-0.25, -0.2) is 4.98 Å². The molecule has 0 amide bonds. The quantitative estimate of drug-likeness (QED) is 0.193. The van der Waals surface area contributed by atoms with Gasteiger partial charge in [0.1, 0.15) is 0 Å². The van der Waals surface area contributed by atoms with Gasteiger partial charge in [0, 0.05) is 32.9 Å². The molecule has 0 unspecified atom stereocenters. The van der Waals surface area contributed by atoms with E-state index < -0.39 is 0 Å². The molecule has 0 saturated carbocycles. The summed E-state index contributed by atoms with van der Waals surface area (Å²) in [5, 5.41) is 13.3. The van der Waals surface area contributed by atoms with Crippen LogP contribution in [0.3, 0.4) is 0 Å². The molecular weight excluding hydrogens is 436 g/mol. The molecule has 32 heavy (non-hydrogen) atoms. The lowest BCUT2D eigenvalue weighted by Crippen LogP contribution is -2.18. The normalized spacial score (nSPS) is 10.8. The van der Waals surface area contributed by atoms with Crippen LogP contribution in [0.4, 0.5) is 22.7 Å². The summed E-state index contributed by atoms with van der Waals surface area (Å²) in [5.74, 6) is 0. The number of benzene rings is 4. The molecule has 0 aliphatic heterocycles. The third-order valence-electron chi connectivity index (χ3n) is 5.10. The summed E-state index contributed by atoms with van der Waals surface area (Å²) in [4.78, 5) is 4.79. The van der Waals surface area contributed by atoms with E-state index >= 15 is 0 Å². The first kappa shape index (κ1) is 20.2. The molecule has 0 radical (unpaired) electrons. The van der Waals surface area contributed by atoms with Gasteiger partial charge in [0.15, 0.2) is 5.11 Å². The maximum absolute atomic E-state index is 5.93. The minimum absolute atomic E-state index is 0.513. The predicted molar refractivity (Wildman–Crippen MR) is 140 cm³/mol. The Morgan fingerprint density at radius 2 is 1.09 bits per heavy atom. The first-order valence-corrected chi connectivity index (χ1v) is 10.9. The summed E-state index contributed by atoms with van der Waals surface area (Å²) < 4.78 is 0. The Morgan fingerprint density at radius 1 is 0.625 bits per heavy atom. The van der Waals surface area contributed by atoms with Crippen LogP contribution in [-0.4, -0.2) is 10.1 Å². The lowest BCUT2D eigenvalue weighted by Gasteiger charge is -2.14. The molecule has 6 heteroatoms. The molecule has 3 N–H and O–H groups in total. The number of nitrogens with one attached hydrogen (secondary N) is 3. The van der Waals surface area contributed by atoms with E-state index in [2.05, 4.69) is 28.1 Å². The van der Waals surface area contributed by atoms with Gasteiger partial charge >= 0.3 is 0 Å². The fourth-order valence-electron chi connectivity index (χ4n) is 3.58. The molecule has 0 saturated heterocycles. The van der Waals surface area contributed by atoms with Crippen LogP contribution >= 0.6 is 23.8 Å². The second-order valence-electron chi connectivity index (χ2n) is 7.31. The van der Waals surface area contributed by atoms with E-state index in [1.807, 2.05) is 84.9 Å². The van der Waals surface area contributed by atoms with Crippen molar-refractivity contribution in [3.63, 3.8) is 0 Å². The van der Waals surface area contributed by atoms with Gasteiger partial charge in [-0.05, 0) is 72.9 Å². The van der Waals surface area contributed by atoms with Gasteiger partial charge in [-0.15, -0.1) is 0 Å². The molecule has 4 aromatic carbocycles. The highest BCUT2D eigenvalue weighted by atomic mass is 35.5. The van der Waals surface area contributed by atoms with Crippen LogP contribution in [0.2, 0.25) is 5.02 Å². The van der Waals surface area contributed by atoms with E-state index in [1.54, 1.807) is 0 Å². The molecule has 0 bridgehead atoms. The van der Waals surface area contributed by atoms with Crippen LogP contribution in [0.15, 0.2) is 97.1 Å². The van der Waals surface area contributed by atoms with Gasteiger partial charge in [0.2, 0.25) is 0 Å². The zero-order chi connectivity index (χ0) is 21.9. The fraction of sp³-hybridized carbons (Fsp3) is 0. The zero-order valence-corrected chi connectivity index (χ0v) is 18.5. The van der Waals surface area contributed by atoms with Crippen molar-refractivity contribution >= 4 is 73.5 Å². The number of hydrogen-bond donors (Lipinski definition) is 3. The van der Waals surface area contributed by atoms with Crippen molar-refractivity contribution in [2.45, 2.75) is 0 Å². The van der Waals surface area contributed by atoms with Crippen molar-refractivity contribution in [2.24, 2.45) is 0 Å². The molecule has 1 heterocycles.